The summed E-state index contributed by atoms with van der Waals surface area (Å²) in [6.07, 6.45) is 4.86. The minimum absolute atomic E-state index is 0.191. The second kappa shape index (κ2) is 7.13. The van der Waals surface area contributed by atoms with E-state index in [9.17, 15) is 14.4 Å². The first kappa shape index (κ1) is 17.3. The maximum atomic E-state index is 12.6. The average molecular weight is 345 g/mol. The quantitative estimate of drug-likeness (QED) is 0.798. The third-order valence-corrected chi connectivity index (χ3v) is 4.91. The van der Waals surface area contributed by atoms with Gasteiger partial charge < -0.3 is 10.1 Å². The van der Waals surface area contributed by atoms with Crippen molar-refractivity contribution in [2.45, 2.75) is 50.5 Å². The maximum Gasteiger partial charge on any atom is 0.344 e. The first-order chi connectivity index (χ1) is 12.0. The first-order valence-corrected chi connectivity index (χ1v) is 8.63. The monoisotopic (exact) mass is 345 g/mol. The van der Waals surface area contributed by atoms with Gasteiger partial charge in [-0.05, 0) is 37.0 Å². The smallest absolute Gasteiger partial charge is 0.344 e. The highest BCUT2D eigenvalue weighted by Gasteiger charge is 2.52. The molecule has 2 fully saturated rings. The number of hydrazine groups is 1. The molecule has 4 amide bonds. The van der Waals surface area contributed by atoms with Crippen LogP contribution in [-0.4, -0.2) is 35.5 Å². The van der Waals surface area contributed by atoms with Crippen LogP contribution in [0.3, 0.4) is 0 Å². The normalized spacial score (nSPS) is 19.0. The van der Waals surface area contributed by atoms with Crippen molar-refractivity contribution in [3.63, 3.8) is 0 Å². The Morgan fingerprint density at radius 3 is 2.52 bits per heavy atom. The fourth-order valence-corrected chi connectivity index (χ4v) is 3.45. The second-order valence-electron chi connectivity index (χ2n) is 6.60. The average Bonchev–Trinajstić information content (AvgIpc) is 2.85. The van der Waals surface area contributed by atoms with Gasteiger partial charge in [-0.1, -0.05) is 31.4 Å². The number of benzene rings is 1. The molecule has 7 heteroatoms. The van der Waals surface area contributed by atoms with Gasteiger partial charge in [-0.15, -0.1) is 0 Å². The number of urea groups is 1. The minimum Gasteiger partial charge on any atom is -0.497 e. The molecule has 0 radical (unpaired) electrons. The molecular formula is C18H23N3O4. The van der Waals surface area contributed by atoms with Crippen LogP contribution in [0.5, 0.6) is 5.75 Å². The lowest BCUT2D eigenvalue weighted by atomic mass is 9.82. The minimum atomic E-state index is -0.821. The Balaban J connectivity index is 1.55. The van der Waals surface area contributed by atoms with Crippen molar-refractivity contribution in [1.29, 1.82) is 0 Å². The van der Waals surface area contributed by atoms with E-state index >= 15 is 0 Å². The van der Waals surface area contributed by atoms with Crippen LogP contribution >= 0.6 is 0 Å². The number of hydrogen-bond donors (Lipinski definition) is 2. The van der Waals surface area contributed by atoms with E-state index in [1.54, 1.807) is 7.11 Å². The molecule has 1 aliphatic carbocycles. The Labute approximate surface area is 146 Å². The van der Waals surface area contributed by atoms with Gasteiger partial charge >= 0.3 is 6.03 Å². The molecule has 0 bridgehead atoms. The lowest BCUT2D eigenvalue weighted by molar-refractivity contribution is -0.139. The largest absolute Gasteiger partial charge is 0.497 e. The molecule has 1 saturated carbocycles. The number of amides is 4. The number of hydrogen-bond acceptors (Lipinski definition) is 4. The third kappa shape index (κ3) is 3.60. The molecule has 0 unspecified atom stereocenters. The van der Waals surface area contributed by atoms with Crippen molar-refractivity contribution in [3.05, 3.63) is 29.8 Å². The number of nitrogens with one attached hydrogen (secondary N) is 2. The van der Waals surface area contributed by atoms with E-state index in [1.165, 1.54) is 0 Å². The van der Waals surface area contributed by atoms with Crippen LogP contribution in [0, 0.1) is 0 Å². The molecule has 134 valence electrons. The Morgan fingerprint density at radius 2 is 1.88 bits per heavy atom. The van der Waals surface area contributed by atoms with E-state index in [-0.39, 0.29) is 18.2 Å². The van der Waals surface area contributed by atoms with E-state index in [0.717, 1.165) is 35.6 Å². The summed E-state index contributed by atoms with van der Waals surface area (Å²) in [5, 5.41) is 3.62. The zero-order valence-electron chi connectivity index (χ0n) is 14.3. The fourth-order valence-electron chi connectivity index (χ4n) is 3.45. The standard InChI is InChI=1S/C18H23N3O4/c1-25-14-8-5-13(6-9-14)7-10-15(22)20-21-16(23)18(19-17(21)24)11-3-2-4-12-18/h5-6,8-9H,2-4,7,10-12H2,1H3,(H,19,24)(H,20,22). The lowest BCUT2D eigenvalue weighted by Crippen LogP contribution is -2.51. The van der Waals surface area contributed by atoms with Gasteiger partial charge in [0, 0.05) is 6.42 Å². The van der Waals surface area contributed by atoms with Crippen LogP contribution in [0.15, 0.2) is 24.3 Å². The van der Waals surface area contributed by atoms with Crippen LogP contribution < -0.4 is 15.5 Å². The van der Waals surface area contributed by atoms with Gasteiger partial charge in [-0.25, -0.2) is 4.79 Å². The molecular weight excluding hydrogens is 322 g/mol. The van der Waals surface area contributed by atoms with Gasteiger partial charge in [0.2, 0.25) is 5.91 Å². The Kier molecular flexibility index (Phi) is 4.92. The summed E-state index contributed by atoms with van der Waals surface area (Å²) >= 11 is 0. The molecule has 7 nitrogen and oxygen atoms in total. The third-order valence-electron chi connectivity index (χ3n) is 4.91. The topological polar surface area (TPSA) is 87.7 Å². The molecule has 1 aliphatic heterocycles. The van der Waals surface area contributed by atoms with Crippen LogP contribution in [0.4, 0.5) is 4.79 Å². The molecule has 25 heavy (non-hydrogen) atoms. The van der Waals surface area contributed by atoms with Gasteiger partial charge in [0.05, 0.1) is 7.11 Å². The van der Waals surface area contributed by atoms with E-state index in [4.69, 9.17) is 4.74 Å². The number of rotatable bonds is 5. The molecule has 1 heterocycles. The van der Waals surface area contributed by atoms with Gasteiger partial charge in [0.25, 0.3) is 5.91 Å². The van der Waals surface area contributed by atoms with Crippen molar-refractivity contribution < 1.29 is 19.1 Å². The lowest BCUT2D eigenvalue weighted by Gasteiger charge is -2.30. The predicted molar refractivity (Wildman–Crippen MR) is 90.7 cm³/mol. The number of ether oxygens (including phenoxy) is 1. The van der Waals surface area contributed by atoms with E-state index < -0.39 is 11.6 Å². The van der Waals surface area contributed by atoms with Gasteiger partial charge in [-0.3, -0.25) is 15.0 Å². The fraction of sp³-hybridized carbons (Fsp3) is 0.500. The molecule has 0 aromatic heterocycles. The SMILES string of the molecule is COc1ccc(CCC(=O)NN2C(=O)NC3(CCCCC3)C2=O)cc1. The number of methoxy groups -OCH3 is 1. The van der Waals surface area contributed by atoms with Crippen molar-refractivity contribution in [3.8, 4) is 5.75 Å². The number of carbonyl (C=O) groups is 3. The number of carbonyl (C=O) groups excluding carboxylic acids is 3. The molecule has 2 aliphatic rings. The zero-order valence-corrected chi connectivity index (χ0v) is 14.3. The summed E-state index contributed by atoms with van der Waals surface area (Å²) in [7, 11) is 1.60. The van der Waals surface area contributed by atoms with Gasteiger partial charge in [0.1, 0.15) is 11.3 Å². The Morgan fingerprint density at radius 1 is 1.20 bits per heavy atom. The second-order valence-corrected chi connectivity index (χ2v) is 6.60. The summed E-state index contributed by atoms with van der Waals surface area (Å²) < 4.78 is 5.09. The summed E-state index contributed by atoms with van der Waals surface area (Å²) in [4.78, 5) is 36.8. The van der Waals surface area contributed by atoms with Crippen LogP contribution in [-0.2, 0) is 16.0 Å². The van der Waals surface area contributed by atoms with Crippen molar-refractivity contribution in [1.82, 2.24) is 15.8 Å². The first-order valence-electron chi connectivity index (χ1n) is 8.63. The highest BCUT2D eigenvalue weighted by Crippen LogP contribution is 2.33. The van der Waals surface area contributed by atoms with Crippen molar-refractivity contribution in [2.75, 3.05) is 7.11 Å². The van der Waals surface area contributed by atoms with E-state index in [0.29, 0.717) is 19.3 Å². The number of aryl methyl sites for hydroxylation is 1. The van der Waals surface area contributed by atoms with Crippen LogP contribution in [0.1, 0.15) is 44.1 Å². The summed E-state index contributed by atoms with van der Waals surface area (Å²) in [5.41, 5.74) is 2.61. The van der Waals surface area contributed by atoms with E-state index in [2.05, 4.69) is 10.7 Å². The maximum absolute atomic E-state index is 12.6. The molecule has 1 aromatic rings. The zero-order chi connectivity index (χ0) is 17.9. The molecule has 3 rings (SSSR count). The van der Waals surface area contributed by atoms with Crippen molar-refractivity contribution >= 4 is 17.8 Å². The highest BCUT2D eigenvalue weighted by atomic mass is 16.5. The summed E-state index contributed by atoms with van der Waals surface area (Å²) in [6.45, 7) is 0. The Bertz CT molecular complexity index is 665. The molecule has 1 aromatic carbocycles. The van der Waals surface area contributed by atoms with Crippen LogP contribution in [0.2, 0.25) is 0 Å². The summed E-state index contributed by atoms with van der Waals surface area (Å²) in [5.74, 6) is 0.0625. The molecule has 1 saturated heterocycles. The van der Waals surface area contributed by atoms with Gasteiger partial charge in [0.15, 0.2) is 0 Å². The van der Waals surface area contributed by atoms with E-state index in [1.807, 2.05) is 24.3 Å². The predicted octanol–water partition coefficient (Wildman–Crippen LogP) is 1.91. The molecule has 1 spiro atoms. The van der Waals surface area contributed by atoms with Crippen LogP contribution in [0.25, 0.3) is 0 Å². The highest BCUT2D eigenvalue weighted by molar-refractivity contribution is 6.08. The molecule has 0 atom stereocenters. The number of nitrogens with zero attached hydrogens (tertiary/aromatic N) is 1. The van der Waals surface area contributed by atoms with Crippen molar-refractivity contribution in [2.24, 2.45) is 0 Å². The number of imide groups is 1. The van der Waals surface area contributed by atoms with Gasteiger partial charge in [-0.2, -0.15) is 5.01 Å². The Hall–Kier alpha value is -2.57. The molecule has 2 N–H and O–H groups in total. The summed E-state index contributed by atoms with van der Waals surface area (Å²) in [6, 6.07) is 6.90.